The largest absolute Gasteiger partial charge is 0.316 e. The summed E-state index contributed by atoms with van der Waals surface area (Å²) in [6, 6.07) is 4.09. The molecule has 0 bridgehead atoms. The maximum Gasteiger partial charge on any atom is 0.137 e. The lowest BCUT2D eigenvalue weighted by Crippen LogP contribution is -2.39. The standard InChI is InChI=1S/C18H26N6/c1-3-15(12-19-6-1)11-18-22-21-17-5-8-23(9-10-24(17)18)14-16-4-2-7-20-13-16/h1,3,6,12,16,20H,2,4-5,7-11,13-14H2/t16-/m1/s1. The zero-order chi connectivity index (χ0) is 16.2. The normalized spacial score (nSPS) is 22.1. The number of hydrogen-bond acceptors (Lipinski definition) is 5. The number of nitrogens with zero attached hydrogens (tertiary/aromatic N) is 5. The minimum atomic E-state index is 0.803. The fraction of sp³-hybridized carbons (Fsp3) is 0.611. The first kappa shape index (κ1) is 15.7. The highest BCUT2D eigenvalue weighted by atomic mass is 15.3. The fourth-order valence-electron chi connectivity index (χ4n) is 3.87. The van der Waals surface area contributed by atoms with Crippen LogP contribution in [-0.4, -0.2) is 57.4 Å². The molecule has 1 fully saturated rings. The van der Waals surface area contributed by atoms with Gasteiger partial charge < -0.3 is 14.8 Å². The number of pyridine rings is 1. The Morgan fingerprint density at radius 3 is 3.04 bits per heavy atom. The Morgan fingerprint density at radius 2 is 2.21 bits per heavy atom. The van der Waals surface area contributed by atoms with Crippen molar-refractivity contribution in [1.29, 1.82) is 0 Å². The first-order valence-electron chi connectivity index (χ1n) is 9.11. The maximum atomic E-state index is 4.45. The van der Waals surface area contributed by atoms with Gasteiger partial charge in [0.05, 0.1) is 0 Å². The van der Waals surface area contributed by atoms with E-state index in [1.165, 1.54) is 38.0 Å². The average Bonchev–Trinajstić information content (AvgIpc) is 2.89. The van der Waals surface area contributed by atoms with Crippen molar-refractivity contribution in [2.45, 2.75) is 32.2 Å². The lowest BCUT2D eigenvalue weighted by molar-refractivity contribution is 0.211. The molecule has 1 atom stereocenters. The first-order chi connectivity index (χ1) is 11.9. The summed E-state index contributed by atoms with van der Waals surface area (Å²) in [5.74, 6) is 3.01. The molecule has 6 heteroatoms. The summed E-state index contributed by atoms with van der Waals surface area (Å²) >= 11 is 0. The van der Waals surface area contributed by atoms with Gasteiger partial charge in [-0.25, -0.2) is 0 Å². The zero-order valence-electron chi connectivity index (χ0n) is 14.2. The summed E-state index contributed by atoms with van der Waals surface area (Å²) in [4.78, 5) is 6.81. The van der Waals surface area contributed by atoms with Crippen molar-refractivity contribution < 1.29 is 0 Å². The number of rotatable bonds is 4. The maximum absolute atomic E-state index is 4.45. The smallest absolute Gasteiger partial charge is 0.137 e. The van der Waals surface area contributed by atoms with Gasteiger partial charge in [0.2, 0.25) is 0 Å². The number of aromatic nitrogens is 4. The molecule has 0 radical (unpaired) electrons. The van der Waals surface area contributed by atoms with Gasteiger partial charge in [-0.1, -0.05) is 6.07 Å². The molecule has 1 N–H and O–H groups in total. The van der Waals surface area contributed by atoms with E-state index in [0.717, 1.165) is 50.0 Å². The molecule has 0 amide bonds. The van der Waals surface area contributed by atoms with E-state index in [1.807, 2.05) is 18.5 Å². The Hall–Kier alpha value is -1.79. The topological polar surface area (TPSA) is 58.9 Å². The lowest BCUT2D eigenvalue weighted by Gasteiger charge is -2.29. The minimum absolute atomic E-state index is 0.803. The Labute approximate surface area is 143 Å². The van der Waals surface area contributed by atoms with Crippen molar-refractivity contribution in [1.82, 2.24) is 30.0 Å². The monoisotopic (exact) mass is 326 g/mol. The second kappa shape index (κ2) is 7.40. The van der Waals surface area contributed by atoms with E-state index in [0.29, 0.717) is 0 Å². The van der Waals surface area contributed by atoms with Crippen LogP contribution in [0.4, 0.5) is 0 Å². The summed E-state index contributed by atoms with van der Waals surface area (Å²) in [6.07, 6.45) is 8.22. The van der Waals surface area contributed by atoms with Gasteiger partial charge in [0.1, 0.15) is 11.6 Å². The van der Waals surface area contributed by atoms with Gasteiger partial charge in [-0.2, -0.15) is 0 Å². The third-order valence-corrected chi connectivity index (χ3v) is 5.20. The Bertz CT molecular complexity index is 647. The van der Waals surface area contributed by atoms with Crippen LogP contribution < -0.4 is 5.32 Å². The van der Waals surface area contributed by atoms with Gasteiger partial charge >= 0.3 is 0 Å². The molecule has 0 unspecified atom stereocenters. The van der Waals surface area contributed by atoms with Crippen LogP contribution in [0.3, 0.4) is 0 Å². The molecule has 0 saturated carbocycles. The van der Waals surface area contributed by atoms with Crippen molar-refractivity contribution in [3.8, 4) is 0 Å². The van der Waals surface area contributed by atoms with Crippen molar-refractivity contribution in [3.05, 3.63) is 41.7 Å². The number of nitrogens with one attached hydrogen (secondary N) is 1. The molecule has 4 rings (SSSR count). The third kappa shape index (κ3) is 3.65. The summed E-state index contributed by atoms with van der Waals surface area (Å²) in [7, 11) is 0. The molecule has 0 aromatic carbocycles. The number of piperidine rings is 1. The van der Waals surface area contributed by atoms with E-state index in [4.69, 9.17) is 0 Å². The molecule has 2 aliphatic rings. The molecule has 24 heavy (non-hydrogen) atoms. The van der Waals surface area contributed by atoms with E-state index in [2.05, 4.69) is 36.0 Å². The summed E-state index contributed by atoms with van der Waals surface area (Å²) in [6.45, 7) is 6.77. The Morgan fingerprint density at radius 1 is 1.21 bits per heavy atom. The van der Waals surface area contributed by atoms with Crippen molar-refractivity contribution in [2.75, 3.05) is 32.7 Å². The van der Waals surface area contributed by atoms with Gasteiger partial charge in [-0.05, 0) is 43.5 Å². The minimum Gasteiger partial charge on any atom is -0.316 e. The summed E-state index contributed by atoms with van der Waals surface area (Å²) in [5.41, 5.74) is 1.20. The highest BCUT2D eigenvalue weighted by Gasteiger charge is 2.22. The molecular formula is C18H26N6. The molecule has 2 aromatic heterocycles. The highest BCUT2D eigenvalue weighted by Crippen LogP contribution is 2.16. The zero-order valence-corrected chi connectivity index (χ0v) is 14.2. The van der Waals surface area contributed by atoms with Crippen molar-refractivity contribution in [3.63, 3.8) is 0 Å². The van der Waals surface area contributed by atoms with Crippen LogP contribution in [0.25, 0.3) is 0 Å². The summed E-state index contributed by atoms with van der Waals surface area (Å²) in [5, 5.41) is 12.4. The second-order valence-corrected chi connectivity index (χ2v) is 6.99. The van der Waals surface area contributed by atoms with Gasteiger partial charge in [-0.3, -0.25) is 4.98 Å². The lowest BCUT2D eigenvalue weighted by atomic mass is 9.99. The molecule has 128 valence electrons. The van der Waals surface area contributed by atoms with Gasteiger partial charge in [0.25, 0.3) is 0 Å². The van der Waals surface area contributed by atoms with E-state index in [-0.39, 0.29) is 0 Å². The molecule has 2 aliphatic heterocycles. The predicted octanol–water partition coefficient (Wildman–Crippen LogP) is 1.12. The quantitative estimate of drug-likeness (QED) is 0.912. The van der Waals surface area contributed by atoms with Crippen LogP contribution in [0, 0.1) is 5.92 Å². The van der Waals surface area contributed by atoms with Crippen LogP contribution in [0.15, 0.2) is 24.5 Å². The molecule has 2 aromatic rings. The van der Waals surface area contributed by atoms with Crippen molar-refractivity contribution >= 4 is 0 Å². The average molecular weight is 326 g/mol. The van der Waals surface area contributed by atoms with Crippen LogP contribution in [-0.2, 0) is 19.4 Å². The van der Waals surface area contributed by atoms with Gasteiger partial charge in [0, 0.05) is 51.4 Å². The van der Waals surface area contributed by atoms with Gasteiger partial charge in [-0.15, -0.1) is 10.2 Å². The Balaban J connectivity index is 1.40. The summed E-state index contributed by atoms with van der Waals surface area (Å²) < 4.78 is 2.33. The SMILES string of the molecule is c1cncc(Cc2nnc3n2CCN(C[C@@H]2CCCNC2)CC3)c1. The molecule has 0 aliphatic carbocycles. The Kier molecular flexibility index (Phi) is 4.85. The first-order valence-corrected chi connectivity index (χ1v) is 9.11. The van der Waals surface area contributed by atoms with Crippen LogP contribution in [0.5, 0.6) is 0 Å². The van der Waals surface area contributed by atoms with E-state index in [1.54, 1.807) is 0 Å². The fourth-order valence-corrected chi connectivity index (χ4v) is 3.87. The van der Waals surface area contributed by atoms with Crippen LogP contribution >= 0.6 is 0 Å². The second-order valence-electron chi connectivity index (χ2n) is 6.99. The molecule has 6 nitrogen and oxygen atoms in total. The van der Waals surface area contributed by atoms with E-state index >= 15 is 0 Å². The molecule has 1 saturated heterocycles. The van der Waals surface area contributed by atoms with E-state index in [9.17, 15) is 0 Å². The molecule has 0 spiro atoms. The van der Waals surface area contributed by atoms with Crippen LogP contribution in [0.1, 0.15) is 30.1 Å². The molecular weight excluding hydrogens is 300 g/mol. The van der Waals surface area contributed by atoms with Gasteiger partial charge in [0.15, 0.2) is 0 Å². The number of hydrogen-bond donors (Lipinski definition) is 1. The number of fused-ring (bicyclic) bond motifs is 1. The van der Waals surface area contributed by atoms with E-state index < -0.39 is 0 Å². The van der Waals surface area contributed by atoms with Crippen LogP contribution in [0.2, 0.25) is 0 Å². The van der Waals surface area contributed by atoms with Crippen molar-refractivity contribution in [2.24, 2.45) is 5.92 Å². The molecule has 4 heterocycles. The predicted molar refractivity (Wildman–Crippen MR) is 92.8 cm³/mol. The highest BCUT2D eigenvalue weighted by molar-refractivity contribution is 5.15. The third-order valence-electron chi connectivity index (χ3n) is 5.20.